The van der Waals surface area contributed by atoms with Crippen molar-refractivity contribution >= 4 is 5.78 Å². The number of fused-ring (bicyclic) bond motifs is 1. The molecular formula is C15H16O. The Balaban J connectivity index is 1.91. The van der Waals surface area contributed by atoms with Crippen molar-refractivity contribution in [2.45, 2.75) is 32.1 Å². The van der Waals surface area contributed by atoms with E-state index < -0.39 is 0 Å². The summed E-state index contributed by atoms with van der Waals surface area (Å²) in [7, 11) is 0. The van der Waals surface area contributed by atoms with Crippen molar-refractivity contribution < 1.29 is 4.79 Å². The largest absolute Gasteiger partial charge is 0.299 e. The van der Waals surface area contributed by atoms with E-state index in [-0.39, 0.29) is 5.92 Å². The number of hydrogen-bond acceptors (Lipinski definition) is 1. The van der Waals surface area contributed by atoms with Gasteiger partial charge in [0.05, 0.1) is 0 Å². The molecule has 1 aliphatic carbocycles. The van der Waals surface area contributed by atoms with Gasteiger partial charge < -0.3 is 0 Å². The van der Waals surface area contributed by atoms with Gasteiger partial charge in [-0.1, -0.05) is 24.3 Å². The fourth-order valence-electron chi connectivity index (χ4n) is 2.36. The molecule has 0 N–H and O–H groups in total. The van der Waals surface area contributed by atoms with Crippen LogP contribution in [0.5, 0.6) is 0 Å². The Labute approximate surface area is 96.9 Å². The Hall–Kier alpha value is -1.55. The topological polar surface area (TPSA) is 17.1 Å². The van der Waals surface area contributed by atoms with Crippen LogP contribution in [0.2, 0.25) is 0 Å². The first kappa shape index (κ1) is 11.0. The number of hydrogen-bond donors (Lipinski definition) is 0. The maximum atomic E-state index is 11.9. The standard InChI is InChI=1S/C15H16O/c1-2-3-4-9-15(16)14-10-12-7-5-6-8-13(12)11-14/h1,5-8,14H,3-4,9-11H2. The minimum absolute atomic E-state index is 0.204. The Morgan fingerprint density at radius 1 is 1.31 bits per heavy atom. The molecule has 1 aromatic rings. The fourth-order valence-corrected chi connectivity index (χ4v) is 2.36. The highest BCUT2D eigenvalue weighted by Gasteiger charge is 2.26. The molecule has 1 aliphatic rings. The lowest BCUT2D eigenvalue weighted by Gasteiger charge is -2.06. The summed E-state index contributed by atoms with van der Waals surface area (Å²) in [4.78, 5) is 11.9. The van der Waals surface area contributed by atoms with Crippen LogP contribution in [-0.2, 0) is 17.6 Å². The number of rotatable bonds is 4. The zero-order valence-corrected chi connectivity index (χ0v) is 9.41. The molecule has 0 aliphatic heterocycles. The van der Waals surface area contributed by atoms with Gasteiger partial charge in [-0.05, 0) is 30.4 Å². The fraction of sp³-hybridized carbons (Fsp3) is 0.400. The highest BCUT2D eigenvalue weighted by atomic mass is 16.1. The first-order valence-electron chi connectivity index (χ1n) is 5.84. The third-order valence-electron chi connectivity index (χ3n) is 3.25. The van der Waals surface area contributed by atoms with Gasteiger partial charge in [0.1, 0.15) is 5.78 Å². The average molecular weight is 212 g/mol. The van der Waals surface area contributed by atoms with Crippen molar-refractivity contribution in [3.05, 3.63) is 35.4 Å². The summed E-state index contributed by atoms with van der Waals surface area (Å²) in [5.74, 6) is 3.16. The van der Waals surface area contributed by atoms with E-state index in [2.05, 4.69) is 18.1 Å². The number of unbranched alkanes of at least 4 members (excludes halogenated alkanes) is 1. The smallest absolute Gasteiger partial charge is 0.136 e. The summed E-state index contributed by atoms with van der Waals surface area (Å²) >= 11 is 0. The van der Waals surface area contributed by atoms with Crippen LogP contribution in [-0.4, -0.2) is 5.78 Å². The SMILES string of the molecule is C#CCCCC(=O)C1Cc2ccccc2C1. The Morgan fingerprint density at radius 2 is 1.94 bits per heavy atom. The lowest BCUT2D eigenvalue weighted by Crippen LogP contribution is -2.14. The van der Waals surface area contributed by atoms with E-state index in [9.17, 15) is 4.79 Å². The average Bonchev–Trinajstić information content (AvgIpc) is 2.73. The summed E-state index contributed by atoms with van der Waals surface area (Å²) in [6.45, 7) is 0. The molecule has 0 fully saturated rings. The summed E-state index contributed by atoms with van der Waals surface area (Å²) in [5.41, 5.74) is 2.69. The van der Waals surface area contributed by atoms with E-state index in [1.165, 1.54) is 11.1 Å². The lowest BCUT2D eigenvalue weighted by molar-refractivity contribution is -0.122. The maximum Gasteiger partial charge on any atom is 0.136 e. The summed E-state index contributed by atoms with van der Waals surface area (Å²) in [5, 5.41) is 0. The molecule has 2 rings (SSSR count). The quantitative estimate of drug-likeness (QED) is 0.554. The van der Waals surface area contributed by atoms with Crippen molar-refractivity contribution in [3.63, 3.8) is 0 Å². The minimum atomic E-state index is 0.204. The summed E-state index contributed by atoms with van der Waals surface area (Å²) in [6, 6.07) is 8.35. The van der Waals surface area contributed by atoms with Crippen LogP contribution in [0.25, 0.3) is 0 Å². The second-order valence-corrected chi connectivity index (χ2v) is 4.40. The number of benzene rings is 1. The highest BCUT2D eigenvalue weighted by Crippen LogP contribution is 2.27. The predicted molar refractivity (Wildman–Crippen MR) is 65.0 cm³/mol. The number of Topliss-reactive ketones (excluding diaryl/α,β-unsaturated/α-hetero) is 1. The highest BCUT2D eigenvalue weighted by molar-refractivity contribution is 5.82. The van der Waals surface area contributed by atoms with Gasteiger partial charge in [0.15, 0.2) is 0 Å². The molecule has 0 heterocycles. The van der Waals surface area contributed by atoms with Crippen LogP contribution in [0.1, 0.15) is 30.4 Å². The molecule has 0 aromatic heterocycles. The van der Waals surface area contributed by atoms with Crippen LogP contribution >= 0.6 is 0 Å². The van der Waals surface area contributed by atoms with E-state index in [0.717, 1.165) is 19.3 Å². The molecule has 16 heavy (non-hydrogen) atoms. The molecule has 1 heteroatoms. The lowest BCUT2D eigenvalue weighted by atomic mass is 9.97. The van der Waals surface area contributed by atoms with Gasteiger partial charge in [0, 0.05) is 18.8 Å². The Morgan fingerprint density at radius 3 is 2.50 bits per heavy atom. The van der Waals surface area contributed by atoms with Crippen molar-refractivity contribution in [3.8, 4) is 12.3 Å². The molecular weight excluding hydrogens is 196 g/mol. The van der Waals surface area contributed by atoms with E-state index in [0.29, 0.717) is 18.6 Å². The molecule has 0 saturated heterocycles. The zero-order valence-electron chi connectivity index (χ0n) is 9.41. The van der Waals surface area contributed by atoms with Crippen molar-refractivity contribution in [1.82, 2.24) is 0 Å². The van der Waals surface area contributed by atoms with Crippen LogP contribution in [0.3, 0.4) is 0 Å². The third kappa shape index (κ3) is 2.33. The van der Waals surface area contributed by atoms with E-state index in [1.54, 1.807) is 0 Å². The van der Waals surface area contributed by atoms with E-state index in [4.69, 9.17) is 6.42 Å². The summed E-state index contributed by atoms with van der Waals surface area (Å²) < 4.78 is 0. The van der Waals surface area contributed by atoms with E-state index in [1.807, 2.05) is 12.1 Å². The van der Waals surface area contributed by atoms with Crippen molar-refractivity contribution in [1.29, 1.82) is 0 Å². The number of carbonyl (C=O) groups excluding carboxylic acids is 1. The second kappa shape index (κ2) is 4.99. The first-order chi connectivity index (χ1) is 7.81. The Bertz CT molecular complexity index is 400. The van der Waals surface area contributed by atoms with Crippen LogP contribution in [0.15, 0.2) is 24.3 Å². The third-order valence-corrected chi connectivity index (χ3v) is 3.25. The molecule has 0 amide bonds. The van der Waals surface area contributed by atoms with Crippen LogP contribution in [0, 0.1) is 18.3 Å². The van der Waals surface area contributed by atoms with Gasteiger partial charge >= 0.3 is 0 Å². The molecule has 0 atom stereocenters. The van der Waals surface area contributed by atoms with Gasteiger partial charge in [-0.3, -0.25) is 4.79 Å². The van der Waals surface area contributed by atoms with Gasteiger partial charge in [-0.15, -0.1) is 12.3 Å². The summed E-state index contributed by atoms with van der Waals surface area (Å²) in [6.07, 6.45) is 9.21. The molecule has 82 valence electrons. The second-order valence-electron chi connectivity index (χ2n) is 4.40. The predicted octanol–water partition coefficient (Wildman–Crippen LogP) is 2.77. The van der Waals surface area contributed by atoms with Crippen molar-refractivity contribution in [2.24, 2.45) is 5.92 Å². The van der Waals surface area contributed by atoms with Gasteiger partial charge in [0.2, 0.25) is 0 Å². The van der Waals surface area contributed by atoms with E-state index >= 15 is 0 Å². The zero-order chi connectivity index (χ0) is 11.4. The minimum Gasteiger partial charge on any atom is -0.299 e. The van der Waals surface area contributed by atoms with Gasteiger partial charge in [0.25, 0.3) is 0 Å². The van der Waals surface area contributed by atoms with Gasteiger partial charge in [-0.25, -0.2) is 0 Å². The van der Waals surface area contributed by atoms with Crippen LogP contribution < -0.4 is 0 Å². The number of terminal acetylenes is 1. The molecule has 1 nitrogen and oxygen atoms in total. The first-order valence-corrected chi connectivity index (χ1v) is 5.84. The molecule has 0 saturated carbocycles. The molecule has 1 aromatic carbocycles. The molecule has 0 unspecified atom stereocenters. The molecule has 0 bridgehead atoms. The monoisotopic (exact) mass is 212 g/mol. The number of carbonyl (C=O) groups is 1. The van der Waals surface area contributed by atoms with Gasteiger partial charge in [-0.2, -0.15) is 0 Å². The number of ketones is 1. The maximum absolute atomic E-state index is 11.9. The molecule has 0 radical (unpaired) electrons. The van der Waals surface area contributed by atoms with Crippen molar-refractivity contribution in [2.75, 3.05) is 0 Å². The van der Waals surface area contributed by atoms with Crippen LogP contribution in [0.4, 0.5) is 0 Å². The molecule has 0 spiro atoms. The Kier molecular flexibility index (Phi) is 3.41. The normalized spacial score (nSPS) is 14.4.